The minimum absolute atomic E-state index is 0.141. The summed E-state index contributed by atoms with van der Waals surface area (Å²) in [5.41, 5.74) is 3.38. The van der Waals surface area contributed by atoms with Crippen molar-refractivity contribution in [2.45, 2.75) is 4.21 Å². The number of hydrogen-bond acceptors (Lipinski definition) is 7. The maximum Gasteiger partial charge on any atom is 0.273 e. The molecular weight excluding hydrogens is 426 g/mol. The predicted molar refractivity (Wildman–Crippen MR) is 116 cm³/mol. The summed E-state index contributed by atoms with van der Waals surface area (Å²) in [6, 6.07) is 14.6. The molecule has 1 amide bonds. The van der Waals surface area contributed by atoms with Crippen LogP contribution in [-0.2, 0) is 10.0 Å². The maximum absolute atomic E-state index is 12.5. The van der Waals surface area contributed by atoms with Crippen molar-refractivity contribution in [1.82, 2.24) is 5.43 Å². The summed E-state index contributed by atoms with van der Waals surface area (Å²) in [6.45, 7) is 0. The Hall–Kier alpha value is -3.37. The molecule has 0 saturated heterocycles. The summed E-state index contributed by atoms with van der Waals surface area (Å²) < 4.78 is 37.9. The number of ether oxygens (including phenoxy) is 2. The van der Waals surface area contributed by atoms with Gasteiger partial charge in [-0.05, 0) is 47.3 Å². The van der Waals surface area contributed by atoms with Crippen LogP contribution in [0.3, 0.4) is 0 Å². The number of para-hydroxylation sites is 1. The van der Waals surface area contributed by atoms with Gasteiger partial charge in [0.25, 0.3) is 15.9 Å². The van der Waals surface area contributed by atoms with Crippen LogP contribution in [0.25, 0.3) is 0 Å². The summed E-state index contributed by atoms with van der Waals surface area (Å²) in [7, 11) is -0.719. The molecule has 0 atom stereocenters. The van der Waals surface area contributed by atoms with E-state index in [1.54, 1.807) is 41.8 Å². The number of amides is 1. The van der Waals surface area contributed by atoms with E-state index >= 15 is 0 Å². The average molecular weight is 446 g/mol. The second-order valence-electron chi connectivity index (χ2n) is 5.90. The molecule has 0 spiro atoms. The molecule has 3 aromatic rings. The van der Waals surface area contributed by atoms with Gasteiger partial charge in [0.05, 0.1) is 31.7 Å². The molecule has 30 heavy (non-hydrogen) atoms. The van der Waals surface area contributed by atoms with Crippen LogP contribution in [0.1, 0.15) is 15.9 Å². The fourth-order valence-electron chi connectivity index (χ4n) is 2.54. The zero-order valence-corrected chi connectivity index (χ0v) is 17.8. The fourth-order valence-corrected chi connectivity index (χ4v) is 4.61. The smallest absolute Gasteiger partial charge is 0.273 e. The van der Waals surface area contributed by atoms with Crippen molar-refractivity contribution >= 4 is 39.2 Å². The number of hydrogen-bond donors (Lipinski definition) is 2. The molecule has 156 valence electrons. The van der Waals surface area contributed by atoms with Crippen LogP contribution in [0, 0.1) is 0 Å². The van der Waals surface area contributed by atoms with Gasteiger partial charge in [-0.2, -0.15) is 5.10 Å². The van der Waals surface area contributed by atoms with Gasteiger partial charge in [-0.25, -0.2) is 13.8 Å². The third kappa shape index (κ3) is 4.97. The highest BCUT2D eigenvalue weighted by Gasteiger charge is 2.19. The number of nitrogens with zero attached hydrogens (tertiary/aromatic N) is 1. The first-order valence-corrected chi connectivity index (χ1v) is 11.0. The van der Waals surface area contributed by atoms with Crippen molar-refractivity contribution < 1.29 is 22.7 Å². The molecule has 0 aliphatic heterocycles. The van der Waals surface area contributed by atoms with E-state index in [0.29, 0.717) is 17.1 Å². The molecule has 10 heteroatoms. The standard InChI is InChI=1S/C20H19N3O5S2/c1-27-17-10-9-14(12-18(17)28-2)13-21-22-20(24)15-6-3-4-7-16(15)23-30(25,26)19-8-5-11-29-19/h3-13,23H,1-2H3,(H,22,24). The minimum atomic E-state index is -3.78. The van der Waals surface area contributed by atoms with E-state index in [9.17, 15) is 13.2 Å². The molecule has 1 aromatic heterocycles. The number of carbonyl (C=O) groups excluding carboxylic acids is 1. The lowest BCUT2D eigenvalue weighted by molar-refractivity contribution is 0.0956. The maximum atomic E-state index is 12.5. The van der Waals surface area contributed by atoms with E-state index in [-0.39, 0.29) is 15.5 Å². The summed E-state index contributed by atoms with van der Waals surface area (Å²) in [5.74, 6) is 0.544. The molecule has 3 rings (SSSR count). The Morgan fingerprint density at radius 3 is 2.50 bits per heavy atom. The van der Waals surface area contributed by atoms with Crippen molar-refractivity contribution in [3.63, 3.8) is 0 Å². The van der Waals surface area contributed by atoms with Gasteiger partial charge in [0.1, 0.15) is 4.21 Å². The van der Waals surface area contributed by atoms with Crippen molar-refractivity contribution in [3.05, 3.63) is 71.1 Å². The molecule has 1 heterocycles. The van der Waals surface area contributed by atoms with E-state index < -0.39 is 15.9 Å². The number of hydrazone groups is 1. The second-order valence-corrected chi connectivity index (χ2v) is 8.75. The van der Waals surface area contributed by atoms with E-state index in [0.717, 1.165) is 11.3 Å². The fraction of sp³-hybridized carbons (Fsp3) is 0.100. The Bertz CT molecular complexity index is 1160. The molecule has 2 aromatic carbocycles. The lowest BCUT2D eigenvalue weighted by Crippen LogP contribution is -2.21. The monoisotopic (exact) mass is 445 g/mol. The number of anilines is 1. The highest BCUT2D eigenvalue weighted by Crippen LogP contribution is 2.27. The average Bonchev–Trinajstić information content (AvgIpc) is 3.29. The van der Waals surface area contributed by atoms with Gasteiger partial charge >= 0.3 is 0 Å². The zero-order chi connectivity index (χ0) is 21.6. The molecule has 0 aliphatic rings. The van der Waals surface area contributed by atoms with Crippen molar-refractivity contribution in [2.75, 3.05) is 18.9 Å². The van der Waals surface area contributed by atoms with Crippen LogP contribution >= 0.6 is 11.3 Å². The molecule has 0 aliphatic carbocycles. The number of rotatable bonds is 8. The summed E-state index contributed by atoms with van der Waals surface area (Å²) in [5, 5.41) is 5.60. The minimum Gasteiger partial charge on any atom is -0.493 e. The molecule has 0 fully saturated rings. The molecular formula is C20H19N3O5S2. The van der Waals surface area contributed by atoms with Crippen molar-refractivity contribution in [2.24, 2.45) is 5.10 Å². The molecule has 0 bridgehead atoms. The van der Waals surface area contributed by atoms with Gasteiger partial charge in [-0.1, -0.05) is 18.2 Å². The number of sulfonamides is 1. The largest absolute Gasteiger partial charge is 0.493 e. The van der Waals surface area contributed by atoms with Gasteiger partial charge in [-0.3, -0.25) is 9.52 Å². The van der Waals surface area contributed by atoms with Gasteiger partial charge in [0.2, 0.25) is 0 Å². The summed E-state index contributed by atoms with van der Waals surface area (Å²) in [4.78, 5) is 12.5. The second kappa shape index (κ2) is 9.42. The zero-order valence-electron chi connectivity index (χ0n) is 16.2. The Labute approximate surface area is 178 Å². The molecule has 8 nitrogen and oxygen atoms in total. The number of methoxy groups -OCH3 is 2. The summed E-state index contributed by atoms with van der Waals surface area (Å²) >= 11 is 1.09. The van der Waals surface area contributed by atoms with Gasteiger partial charge in [-0.15, -0.1) is 11.3 Å². The SMILES string of the molecule is COc1ccc(C=NNC(=O)c2ccccc2NS(=O)(=O)c2cccs2)cc1OC. The van der Waals surface area contributed by atoms with Gasteiger partial charge < -0.3 is 9.47 Å². The lowest BCUT2D eigenvalue weighted by Gasteiger charge is -2.10. The van der Waals surface area contributed by atoms with Crippen LogP contribution in [0.5, 0.6) is 11.5 Å². The Morgan fingerprint density at radius 1 is 1.03 bits per heavy atom. The lowest BCUT2D eigenvalue weighted by atomic mass is 10.2. The Morgan fingerprint density at radius 2 is 1.80 bits per heavy atom. The molecule has 2 N–H and O–H groups in total. The quantitative estimate of drug-likeness (QED) is 0.409. The van der Waals surface area contributed by atoms with E-state index in [4.69, 9.17) is 9.47 Å². The third-order valence-corrected chi connectivity index (χ3v) is 6.73. The molecule has 0 unspecified atom stereocenters. The van der Waals surface area contributed by atoms with Crippen LogP contribution in [0.2, 0.25) is 0 Å². The number of benzene rings is 2. The van der Waals surface area contributed by atoms with Crippen LogP contribution in [0.4, 0.5) is 5.69 Å². The number of thiophene rings is 1. The summed E-state index contributed by atoms with van der Waals surface area (Å²) in [6.07, 6.45) is 1.44. The van der Waals surface area contributed by atoms with Crippen LogP contribution in [-0.4, -0.2) is 34.8 Å². The highest BCUT2D eigenvalue weighted by atomic mass is 32.2. The van der Waals surface area contributed by atoms with Gasteiger partial charge in [0.15, 0.2) is 11.5 Å². The van der Waals surface area contributed by atoms with E-state index in [1.165, 1.54) is 38.6 Å². The predicted octanol–water partition coefficient (Wildman–Crippen LogP) is 3.33. The van der Waals surface area contributed by atoms with Crippen molar-refractivity contribution in [3.8, 4) is 11.5 Å². The highest BCUT2D eigenvalue weighted by molar-refractivity contribution is 7.94. The molecule has 0 saturated carbocycles. The number of nitrogens with one attached hydrogen (secondary N) is 2. The normalized spacial score (nSPS) is 11.3. The van der Waals surface area contributed by atoms with E-state index in [1.807, 2.05) is 0 Å². The van der Waals surface area contributed by atoms with Crippen molar-refractivity contribution in [1.29, 1.82) is 0 Å². The Kier molecular flexibility index (Phi) is 6.70. The third-order valence-electron chi connectivity index (χ3n) is 3.96. The van der Waals surface area contributed by atoms with Crippen LogP contribution in [0.15, 0.2) is 69.3 Å². The van der Waals surface area contributed by atoms with E-state index in [2.05, 4.69) is 15.2 Å². The first-order valence-electron chi connectivity index (χ1n) is 8.65. The van der Waals surface area contributed by atoms with Crippen LogP contribution < -0.4 is 19.6 Å². The van der Waals surface area contributed by atoms with Gasteiger partial charge in [0, 0.05) is 0 Å². The number of carbonyl (C=O) groups is 1. The topological polar surface area (TPSA) is 106 Å². The first kappa shape index (κ1) is 21.3. The first-order chi connectivity index (χ1) is 14.4. The Balaban J connectivity index is 1.74. The molecule has 0 radical (unpaired) electrons.